The SMILES string of the molecule is O=C(Nc1cccc(C(F)(F)F)c1)O[C@@H]1CO[C@H]2[C@@H]1OC[C@@H]2NCC1CC1. The van der Waals surface area contributed by atoms with E-state index in [9.17, 15) is 18.0 Å². The van der Waals surface area contributed by atoms with Gasteiger partial charge in [0.1, 0.15) is 12.2 Å². The maximum absolute atomic E-state index is 12.8. The predicted octanol–water partition coefficient (Wildman–Crippen LogP) is 2.79. The summed E-state index contributed by atoms with van der Waals surface area (Å²) >= 11 is 0. The Labute approximate surface area is 154 Å². The maximum atomic E-state index is 12.8. The first-order valence-corrected chi connectivity index (χ1v) is 9.01. The van der Waals surface area contributed by atoms with Crippen molar-refractivity contribution in [3.63, 3.8) is 0 Å². The van der Waals surface area contributed by atoms with Gasteiger partial charge in [0.05, 0.1) is 24.8 Å². The van der Waals surface area contributed by atoms with Crippen molar-refractivity contribution in [2.24, 2.45) is 5.92 Å². The Bertz CT molecular complexity index is 695. The number of rotatable bonds is 5. The van der Waals surface area contributed by atoms with Crippen LogP contribution in [0, 0.1) is 5.92 Å². The third kappa shape index (κ3) is 4.36. The lowest BCUT2D eigenvalue weighted by Gasteiger charge is -2.18. The Hall–Kier alpha value is -1.84. The second-order valence-corrected chi connectivity index (χ2v) is 7.20. The van der Waals surface area contributed by atoms with Gasteiger partial charge in [0, 0.05) is 5.69 Å². The summed E-state index contributed by atoms with van der Waals surface area (Å²) < 4.78 is 55.0. The number of benzene rings is 1. The lowest BCUT2D eigenvalue weighted by Crippen LogP contribution is -2.42. The minimum atomic E-state index is -4.48. The van der Waals surface area contributed by atoms with Crippen LogP contribution in [-0.2, 0) is 20.4 Å². The number of alkyl halides is 3. The fourth-order valence-electron chi connectivity index (χ4n) is 3.44. The van der Waals surface area contributed by atoms with Crippen molar-refractivity contribution in [1.82, 2.24) is 5.32 Å². The van der Waals surface area contributed by atoms with Crippen LogP contribution in [-0.4, -0.2) is 50.2 Å². The number of ether oxygens (including phenoxy) is 3. The monoisotopic (exact) mass is 386 g/mol. The van der Waals surface area contributed by atoms with E-state index in [1.165, 1.54) is 25.0 Å². The fraction of sp³-hybridized carbons (Fsp3) is 0.611. The molecule has 4 atom stereocenters. The average Bonchev–Trinajstić information content (AvgIpc) is 3.23. The molecule has 1 aliphatic carbocycles. The highest BCUT2D eigenvalue weighted by molar-refractivity contribution is 5.84. The smallest absolute Gasteiger partial charge is 0.416 e. The van der Waals surface area contributed by atoms with E-state index in [1.807, 2.05) is 0 Å². The summed E-state index contributed by atoms with van der Waals surface area (Å²) in [6.07, 6.45) is -3.96. The Kier molecular flexibility index (Phi) is 5.00. The van der Waals surface area contributed by atoms with Crippen molar-refractivity contribution in [1.29, 1.82) is 0 Å². The molecule has 0 spiro atoms. The van der Waals surface area contributed by atoms with Crippen molar-refractivity contribution in [3.05, 3.63) is 29.8 Å². The topological polar surface area (TPSA) is 68.8 Å². The highest BCUT2D eigenvalue weighted by Gasteiger charge is 2.49. The molecule has 4 rings (SSSR count). The van der Waals surface area contributed by atoms with Crippen LogP contribution in [0.5, 0.6) is 0 Å². The number of hydrogen-bond acceptors (Lipinski definition) is 5. The molecule has 27 heavy (non-hydrogen) atoms. The Morgan fingerprint density at radius 1 is 1.19 bits per heavy atom. The van der Waals surface area contributed by atoms with E-state index in [0.29, 0.717) is 6.61 Å². The number of carbonyl (C=O) groups excluding carboxylic acids is 1. The van der Waals surface area contributed by atoms with Gasteiger partial charge in [-0.2, -0.15) is 13.2 Å². The zero-order valence-electron chi connectivity index (χ0n) is 14.5. The summed E-state index contributed by atoms with van der Waals surface area (Å²) in [5.74, 6) is 0.732. The zero-order chi connectivity index (χ0) is 19.0. The fourth-order valence-corrected chi connectivity index (χ4v) is 3.44. The average molecular weight is 386 g/mol. The van der Waals surface area contributed by atoms with Crippen LogP contribution in [0.15, 0.2) is 24.3 Å². The van der Waals surface area contributed by atoms with Crippen molar-refractivity contribution in [2.45, 2.75) is 43.4 Å². The van der Waals surface area contributed by atoms with Crippen LogP contribution in [0.3, 0.4) is 0 Å². The van der Waals surface area contributed by atoms with E-state index < -0.39 is 23.9 Å². The van der Waals surface area contributed by atoms with Gasteiger partial charge >= 0.3 is 12.3 Å². The maximum Gasteiger partial charge on any atom is 0.416 e. The third-order valence-electron chi connectivity index (χ3n) is 5.07. The van der Waals surface area contributed by atoms with Crippen LogP contribution >= 0.6 is 0 Å². The molecule has 3 fully saturated rings. The highest BCUT2D eigenvalue weighted by Crippen LogP contribution is 2.32. The first kappa shape index (κ1) is 18.5. The summed E-state index contributed by atoms with van der Waals surface area (Å²) in [4.78, 5) is 12.1. The van der Waals surface area contributed by atoms with Crippen LogP contribution in [0.1, 0.15) is 18.4 Å². The van der Waals surface area contributed by atoms with Gasteiger partial charge in [-0.3, -0.25) is 5.32 Å². The van der Waals surface area contributed by atoms with Crippen LogP contribution in [0.25, 0.3) is 0 Å². The normalized spacial score (nSPS) is 30.2. The summed E-state index contributed by atoms with van der Waals surface area (Å²) in [6, 6.07) is 4.46. The van der Waals surface area contributed by atoms with Crippen LogP contribution in [0.2, 0.25) is 0 Å². The molecule has 0 unspecified atom stereocenters. The molecule has 0 radical (unpaired) electrons. The molecular formula is C18H21F3N2O4. The van der Waals surface area contributed by atoms with Gasteiger partial charge in [-0.05, 0) is 43.5 Å². The van der Waals surface area contributed by atoms with Crippen LogP contribution < -0.4 is 10.6 Å². The molecule has 148 valence electrons. The van der Waals surface area contributed by atoms with Crippen molar-refractivity contribution >= 4 is 11.8 Å². The van der Waals surface area contributed by atoms with E-state index in [0.717, 1.165) is 24.6 Å². The number of amides is 1. The standard InChI is InChI=1S/C18H21F3N2O4/c19-18(20,21)11-2-1-3-12(6-11)23-17(24)27-14-9-26-15-13(8-25-16(14)15)22-7-10-4-5-10/h1-3,6,10,13-16,22H,4-5,7-9H2,(H,23,24)/t13-,14+,15+,16+/m0/s1. The van der Waals surface area contributed by atoms with Gasteiger partial charge < -0.3 is 19.5 Å². The first-order chi connectivity index (χ1) is 12.9. The van der Waals surface area contributed by atoms with Gasteiger partial charge in [0.2, 0.25) is 0 Å². The number of nitrogens with one attached hydrogen (secondary N) is 2. The minimum Gasteiger partial charge on any atom is -0.441 e. The molecule has 1 amide bonds. The molecule has 2 aliphatic heterocycles. The Balaban J connectivity index is 1.30. The van der Waals surface area contributed by atoms with Gasteiger partial charge in [-0.25, -0.2) is 4.79 Å². The van der Waals surface area contributed by atoms with Crippen LogP contribution in [0.4, 0.5) is 23.7 Å². The lowest BCUT2D eigenvalue weighted by molar-refractivity contribution is -0.137. The van der Waals surface area contributed by atoms with E-state index in [2.05, 4.69) is 10.6 Å². The Morgan fingerprint density at radius 3 is 2.70 bits per heavy atom. The van der Waals surface area contributed by atoms with Gasteiger partial charge in [0.15, 0.2) is 6.10 Å². The van der Waals surface area contributed by atoms with E-state index in [1.54, 1.807) is 0 Å². The molecule has 1 aromatic rings. The van der Waals surface area contributed by atoms with Gasteiger partial charge in [-0.15, -0.1) is 0 Å². The molecular weight excluding hydrogens is 365 g/mol. The van der Waals surface area contributed by atoms with Crippen molar-refractivity contribution in [3.8, 4) is 0 Å². The van der Waals surface area contributed by atoms with Crippen molar-refractivity contribution < 1.29 is 32.2 Å². The van der Waals surface area contributed by atoms with Gasteiger partial charge in [-0.1, -0.05) is 6.07 Å². The molecule has 0 bridgehead atoms. The summed E-state index contributed by atoms with van der Waals surface area (Å²) in [5, 5.41) is 5.77. The zero-order valence-corrected chi connectivity index (χ0v) is 14.5. The van der Waals surface area contributed by atoms with Gasteiger partial charge in [0.25, 0.3) is 0 Å². The Morgan fingerprint density at radius 2 is 1.96 bits per heavy atom. The third-order valence-corrected chi connectivity index (χ3v) is 5.07. The molecule has 3 aliphatic rings. The number of hydrogen-bond donors (Lipinski definition) is 2. The molecule has 9 heteroatoms. The predicted molar refractivity (Wildman–Crippen MR) is 89.3 cm³/mol. The van der Waals surface area contributed by atoms with Crippen molar-refractivity contribution in [2.75, 3.05) is 25.1 Å². The lowest BCUT2D eigenvalue weighted by atomic mass is 10.1. The number of fused-ring (bicyclic) bond motifs is 1. The molecule has 1 saturated carbocycles. The molecule has 1 aromatic carbocycles. The molecule has 0 aromatic heterocycles. The van der Waals surface area contributed by atoms with E-state index >= 15 is 0 Å². The minimum absolute atomic E-state index is 0.0154. The summed E-state index contributed by atoms with van der Waals surface area (Å²) in [7, 11) is 0. The number of halogens is 3. The molecule has 2 heterocycles. The highest BCUT2D eigenvalue weighted by atomic mass is 19.4. The number of carbonyl (C=O) groups is 1. The summed E-state index contributed by atoms with van der Waals surface area (Å²) in [6.45, 7) is 1.62. The van der Waals surface area contributed by atoms with E-state index in [4.69, 9.17) is 14.2 Å². The van der Waals surface area contributed by atoms with E-state index in [-0.39, 0.29) is 30.5 Å². The summed E-state index contributed by atoms with van der Waals surface area (Å²) in [5.41, 5.74) is -0.824. The second-order valence-electron chi connectivity index (χ2n) is 7.20. The first-order valence-electron chi connectivity index (χ1n) is 9.01. The largest absolute Gasteiger partial charge is 0.441 e. The molecule has 6 nitrogen and oxygen atoms in total. The quantitative estimate of drug-likeness (QED) is 0.815. The molecule has 2 N–H and O–H groups in total. The second kappa shape index (κ2) is 7.29. The molecule has 2 saturated heterocycles. The number of anilines is 1.